The molecule has 8 nitrogen and oxygen atoms in total. The van der Waals surface area contributed by atoms with Gasteiger partial charge in [0.1, 0.15) is 13.0 Å². The number of piperidine rings is 1. The lowest BCUT2D eigenvalue weighted by molar-refractivity contribution is 0.0986. The lowest BCUT2D eigenvalue weighted by Crippen LogP contribution is -2.48. The molecular weight excluding hydrogens is 526 g/mol. The Morgan fingerprint density at radius 2 is 1.71 bits per heavy atom. The SMILES string of the molecule is Cc1cccc2c1N(C1CCN(S(=O)(=O)c3ccc(Cl)cc3)CC1)COC2.O=c1nc2ccccc2co1. The van der Waals surface area contributed by atoms with Gasteiger partial charge in [-0.3, -0.25) is 0 Å². The molecule has 0 saturated carbocycles. The van der Waals surface area contributed by atoms with E-state index in [9.17, 15) is 13.2 Å². The Bertz CT molecular complexity index is 1580. The van der Waals surface area contributed by atoms with Crippen molar-refractivity contribution in [2.75, 3.05) is 24.7 Å². The van der Waals surface area contributed by atoms with Crippen LogP contribution in [0.15, 0.2) is 87.1 Å². The number of hydrogen-bond acceptors (Lipinski definition) is 7. The van der Waals surface area contributed by atoms with Crippen LogP contribution >= 0.6 is 11.6 Å². The van der Waals surface area contributed by atoms with E-state index in [1.54, 1.807) is 34.6 Å². The molecule has 3 aromatic carbocycles. The Kier molecular flexibility index (Phi) is 7.80. The molecule has 198 valence electrons. The fourth-order valence-corrected chi connectivity index (χ4v) is 6.53. The molecule has 38 heavy (non-hydrogen) atoms. The summed E-state index contributed by atoms with van der Waals surface area (Å²) < 4.78 is 37.7. The molecule has 2 aliphatic rings. The summed E-state index contributed by atoms with van der Waals surface area (Å²) in [6, 6.07) is 20.2. The molecule has 3 heterocycles. The minimum Gasteiger partial charge on any atom is -0.416 e. The highest BCUT2D eigenvalue weighted by Crippen LogP contribution is 2.34. The van der Waals surface area contributed by atoms with Gasteiger partial charge < -0.3 is 14.1 Å². The van der Waals surface area contributed by atoms with Crippen LogP contribution in [0.4, 0.5) is 5.69 Å². The summed E-state index contributed by atoms with van der Waals surface area (Å²) in [5, 5.41) is 1.37. The van der Waals surface area contributed by atoms with Gasteiger partial charge in [-0.05, 0) is 61.7 Å². The molecule has 1 fully saturated rings. The number of anilines is 1. The van der Waals surface area contributed by atoms with E-state index >= 15 is 0 Å². The molecule has 1 saturated heterocycles. The number of hydrogen-bond donors (Lipinski definition) is 0. The second-order valence-corrected chi connectivity index (χ2v) is 11.7. The summed E-state index contributed by atoms with van der Waals surface area (Å²) in [5.74, 6) is -0.552. The number of sulfonamides is 1. The van der Waals surface area contributed by atoms with E-state index in [1.165, 1.54) is 23.1 Å². The monoisotopic (exact) mass is 553 g/mol. The van der Waals surface area contributed by atoms with E-state index < -0.39 is 15.8 Å². The van der Waals surface area contributed by atoms with E-state index in [4.69, 9.17) is 16.3 Å². The fraction of sp³-hybridized carbons (Fsp3) is 0.286. The van der Waals surface area contributed by atoms with Gasteiger partial charge >= 0.3 is 5.76 Å². The first-order chi connectivity index (χ1) is 18.3. The van der Waals surface area contributed by atoms with Crippen molar-refractivity contribution in [3.8, 4) is 0 Å². The van der Waals surface area contributed by atoms with Gasteiger partial charge in [0.25, 0.3) is 0 Å². The average molecular weight is 554 g/mol. The van der Waals surface area contributed by atoms with Gasteiger partial charge in [0.15, 0.2) is 0 Å². The van der Waals surface area contributed by atoms with Crippen LogP contribution in [0.1, 0.15) is 24.0 Å². The van der Waals surface area contributed by atoms with Crippen molar-refractivity contribution in [2.45, 2.75) is 37.3 Å². The van der Waals surface area contributed by atoms with Crippen LogP contribution in [0.25, 0.3) is 10.9 Å². The van der Waals surface area contributed by atoms with E-state index in [-0.39, 0.29) is 6.04 Å². The van der Waals surface area contributed by atoms with Crippen molar-refractivity contribution in [1.82, 2.24) is 9.29 Å². The molecule has 2 aliphatic heterocycles. The van der Waals surface area contributed by atoms with Crippen molar-refractivity contribution < 1.29 is 17.6 Å². The highest BCUT2D eigenvalue weighted by atomic mass is 35.5. The predicted octanol–water partition coefficient (Wildman–Crippen LogP) is 4.98. The van der Waals surface area contributed by atoms with Gasteiger partial charge in [-0.25, -0.2) is 13.2 Å². The molecule has 1 aromatic heterocycles. The Morgan fingerprint density at radius 1 is 0.974 bits per heavy atom. The quantitative estimate of drug-likeness (QED) is 0.353. The van der Waals surface area contributed by atoms with Gasteiger partial charge in [0.05, 0.1) is 17.0 Å². The number of halogens is 1. The zero-order chi connectivity index (χ0) is 26.7. The molecule has 0 radical (unpaired) electrons. The first-order valence-electron chi connectivity index (χ1n) is 12.4. The van der Waals surface area contributed by atoms with E-state index in [0.717, 1.165) is 18.2 Å². The molecule has 4 aromatic rings. The molecule has 0 amide bonds. The Labute approximate surface area is 226 Å². The van der Waals surface area contributed by atoms with Crippen LogP contribution in [-0.2, 0) is 21.4 Å². The summed E-state index contributed by atoms with van der Waals surface area (Å²) in [5.41, 5.74) is 4.37. The number of nitrogens with zero attached hydrogens (tertiary/aromatic N) is 3. The van der Waals surface area contributed by atoms with Crippen molar-refractivity contribution in [1.29, 1.82) is 0 Å². The standard InChI is InChI=1S/C20H23ClN2O3S.C8H5NO2/c1-15-3-2-4-16-13-26-14-23(20(15)16)18-9-11-22(12-10-18)27(24,25)19-7-5-17(21)6-8-19;10-8-9-7-4-2-1-3-6(7)5-11-8/h2-8,18H,9-14H2,1H3;1-5H. The first kappa shape index (κ1) is 26.4. The number of ether oxygens (including phenoxy) is 1. The number of benzene rings is 3. The first-order valence-corrected chi connectivity index (χ1v) is 14.2. The van der Waals surface area contributed by atoms with Gasteiger partial charge in [0.2, 0.25) is 10.0 Å². The second-order valence-electron chi connectivity index (χ2n) is 9.29. The number of fused-ring (bicyclic) bond motifs is 2. The minimum atomic E-state index is -3.48. The normalized spacial score (nSPS) is 16.5. The molecule has 0 N–H and O–H groups in total. The Balaban J connectivity index is 0.000000222. The smallest absolute Gasteiger partial charge is 0.416 e. The lowest BCUT2D eigenvalue weighted by Gasteiger charge is -2.42. The molecular formula is C28H28ClN3O5S. The Hall–Kier alpha value is -3.24. The number of rotatable bonds is 3. The second kappa shape index (κ2) is 11.2. The van der Waals surface area contributed by atoms with E-state index in [1.807, 2.05) is 18.2 Å². The predicted molar refractivity (Wildman–Crippen MR) is 147 cm³/mol. The maximum Gasteiger partial charge on any atom is 0.439 e. The zero-order valence-electron chi connectivity index (χ0n) is 20.9. The van der Waals surface area contributed by atoms with Crippen molar-refractivity contribution in [2.24, 2.45) is 0 Å². The molecule has 0 aliphatic carbocycles. The van der Waals surface area contributed by atoms with Crippen LogP contribution in [-0.4, -0.2) is 43.6 Å². The topological polar surface area (TPSA) is 93.0 Å². The largest absolute Gasteiger partial charge is 0.439 e. The summed E-state index contributed by atoms with van der Waals surface area (Å²) in [4.78, 5) is 16.9. The van der Waals surface area contributed by atoms with Crippen LogP contribution in [0.5, 0.6) is 0 Å². The van der Waals surface area contributed by atoms with E-state index in [2.05, 4.69) is 39.4 Å². The van der Waals surface area contributed by atoms with Crippen molar-refractivity contribution in [3.05, 3.63) is 99.7 Å². The molecule has 0 spiro atoms. The zero-order valence-corrected chi connectivity index (χ0v) is 22.5. The van der Waals surface area contributed by atoms with Gasteiger partial charge in [-0.2, -0.15) is 9.29 Å². The summed E-state index contributed by atoms with van der Waals surface area (Å²) in [7, 11) is -3.48. The number of aromatic nitrogens is 1. The molecule has 10 heteroatoms. The maximum absolute atomic E-state index is 12.9. The van der Waals surface area contributed by atoms with Crippen molar-refractivity contribution >= 4 is 38.2 Å². The molecule has 0 unspecified atom stereocenters. The van der Waals surface area contributed by atoms with Crippen LogP contribution < -0.4 is 10.7 Å². The molecule has 6 rings (SSSR count). The van der Waals surface area contributed by atoms with Gasteiger partial charge in [-0.15, -0.1) is 0 Å². The number of aryl methyl sites for hydroxylation is 1. The molecule has 0 bridgehead atoms. The summed E-state index contributed by atoms with van der Waals surface area (Å²) >= 11 is 5.88. The van der Waals surface area contributed by atoms with Crippen LogP contribution in [0.2, 0.25) is 5.02 Å². The lowest BCUT2D eigenvalue weighted by atomic mass is 10.00. The maximum atomic E-state index is 12.9. The third-order valence-electron chi connectivity index (χ3n) is 6.85. The highest BCUT2D eigenvalue weighted by Gasteiger charge is 2.33. The number of para-hydroxylation sites is 2. The third kappa shape index (κ3) is 5.61. The average Bonchev–Trinajstić information content (AvgIpc) is 2.93. The fourth-order valence-electron chi connectivity index (χ4n) is 4.93. The van der Waals surface area contributed by atoms with Gasteiger partial charge in [0, 0.05) is 40.8 Å². The highest BCUT2D eigenvalue weighted by molar-refractivity contribution is 7.89. The minimum absolute atomic E-state index is 0.279. The van der Waals surface area contributed by atoms with Gasteiger partial charge in [-0.1, -0.05) is 41.9 Å². The van der Waals surface area contributed by atoms with Crippen LogP contribution in [0.3, 0.4) is 0 Å². The van der Waals surface area contributed by atoms with Crippen LogP contribution in [0, 0.1) is 6.92 Å². The summed E-state index contributed by atoms with van der Waals surface area (Å²) in [6.45, 7) is 4.34. The third-order valence-corrected chi connectivity index (χ3v) is 9.01. The van der Waals surface area contributed by atoms with Crippen molar-refractivity contribution in [3.63, 3.8) is 0 Å². The summed E-state index contributed by atoms with van der Waals surface area (Å²) in [6.07, 6.45) is 2.97. The van der Waals surface area contributed by atoms with E-state index in [0.29, 0.717) is 41.9 Å². The molecule has 0 atom stereocenters. The Morgan fingerprint density at radius 3 is 2.47 bits per heavy atom.